The van der Waals surface area contributed by atoms with Gasteiger partial charge in [-0.3, -0.25) is 9.97 Å². The fourth-order valence-corrected chi connectivity index (χ4v) is 2.89. The van der Waals surface area contributed by atoms with Gasteiger partial charge in [0.25, 0.3) is 0 Å². The molecule has 4 rings (SSSR count). The molecule has 0 amide bonds. The topological polar surface area (TPSA) is 35.0 Å². The maximum absolute atomic E-state index is 6.11. The summed E-state index contributed by atoms with van der Waals surface area (Å²) in [6.07, 6.45) is 9.86. The highest BCUT2D eigenvalue weighted by Gasteiger charge is 2.34. The lowest BCUT2D eigenvalue weighted by atomic mass is 9.84. The Balaban J connectivity index is 1.86. The minimum atomic E-state index is 0.161. The Morgan fingerprint density at radius 2 is 1.65 bits per heavy atom. The molecule has 0 fully saturated rings. The molecular weight excluding hydrogens is 212 g/mol. The number of hydrogen-bond acceptors (Lipinski definition) is 3. The van der Waals surface area contributed by atoms with Crippen molar-refractivity contribution in [1.29, 1.82) is 0 Å². The van der Waals surface area contributed by atoms with Crippen molar-refractivity contribution in [3.8, 4) is 0 Å². The Hall–Kier alpha value is -1.74. The first kappa shape index (κ1) is 9.31. The number of aromatic nitrogens is 2. The molecule has 0 spiro atoms. The van der Waals surface area contributed by atoms with E-state index >= 15 is 0 Å². The van der Waals surface area contributed by atoms with Crippen LogP contribution in [0, 0.1) is 0 Å². The first-order valence-corrected chi connectivity index (χ1v) is 5.93. The summed E-state index contributed by atoms with van der Waals surface area (Å²) in [6, 6.07) is 4.20. The molecule has 2 aliphatic heterocycles. The van der Waals surface area contributed by atoms with Crippen LogP contribution >= 0.6 is 0 Å². The zero-order valence-corrected chi connectivity index (χ0v) is 9.34. The molecule has 4 heterocycles. The molecule has 0 aliphatic carbocycles. The number of nitrogens with zero attached hydrogens (tertiary/aromatic N) is 2. The van der Waals surface area contributed by atoms with Gasteiger partial charge in [0.15, 0.2) is 0 Å². The second kappa shape index (κ2) is 3.37. The maximum Gasteiger partial charge on any atom is 0.0891 e. The summed E-state index contributed by atoms with van der Waals surface area (Å²) < 4.78 is 6.11. The van der Waals surface area contributed by atoms with Crippen LogP contribution < -0.4 is 0 Å². The van der Waals surface area contributed by atoms with Crippen LogP contribution in [-0.4, -0.2) is 9.97 Å². The van der Waals surface area contributed by atoms with Gasteiger partial charge < -0.3 is 4.74 Å². The zero-order valence-electron chi connectivity index (χ0n) is 9.34. The summed E-state index contributed by atoms with van der Waals surface area (Å²) in [5.41, 5.74) is 5.25. The largest absolute Gasteiger partial charge is 0.365 e. The van der Waals surface area contributed by atoms with Crippen LogP contribution in [-0.2, 0) is 17.6 Å². The standard InChI is InChI=1S/C14H12N2O/c1-3-16-8-12-9(1)5-13-11-2-4-15-7-10(11)6-14(12)17-13/h1-4,7-8,13-14H,5-6H2. The van der Waals surface area contributed by atoms with E-state index in [-0.39, 0.29) is 12.2 Å². The van der Waals surface area contributed by atoms with Gasteiger partial charge >= 0.3 is 0 Å². The van der Waals surface area contributed by atoms with Gasteiger partial charge in [-0.15, -0.1) is 0 Å². The predicted octanol–water partition coefficient (Wildman–Crippen LogP) is 2.39. The van der Waals surface area contributed by atoms with Gasteiger partial charge in [0.1, 0.15) is 0 Å². The Kier molecular flexibility index (Phi) is 1.85. The third-order valence-electron chi connectivity index (χ3n) is 3.72. The quantitative estimate of drug-likeness (QED) is 0.689. The molecule has 2 bridgehead atoms. The second-order valence-electron chi connectivity index (χ2n) is 4.67. The van der Waals surface area contributed by atoms with Gasteiger partial charge in [-0.25, -0.2) is 0 Å². The third kappa shape index (κ3) is 1.32. The fourth-order valence-electron chi connectivity index (χ4n) is 2.89. The average molecular weight is 224 g/mol. The van der Waals surface area contributed by atoms with Crippen LogP contribution in [0.15, 0.2) is 36.9 Å². The smallest absolute Gasteiger partial charge is 0.0891 e. The van der Waals surface area contributed by atoms with E-state index in [4.69, 9.17) is 4.74 Å². The molecule has 0 saturated heterocycles. The van der Waals surface area contributed by atoms with Crippen molar-refractivity contribution in [3.63, 3.8) is 0 Å². The second-order valence-corrected chi connectivity index (χ2v) is 4.67. The lowest BCUT2D eigenvalue weighted by Gasteiger charge is -2.37. The number of rotatable bonds is 0. The molecule has 2 unspecified atom stereocenters. The Morgan fingerprint density at radius 1 is 0.882 bits per heavy atom. The SMILES string of the molecule is c1cc2c(cn1)CC1OC2Cc2ccncc21. The van der Waals surface area contributed by atoms with Crippen molar-refractivity contribution < 1.29 is 4.74 Å². The van der Waals surface area contributed by atoms with E-state index < -0.39 is 0 Å². The van der Waals surface area contributed by atoms with Crippen molar-refractivity contribution in [2.75, 3.05) is 0 Å². The highest BCUT2D eigenvalue weighted by molar-refractivity contribution is 5.38. The van der Waals surface area contributed by atoms with Gasteiger partial charge in [0, 0.05) is 43.2 Å². The molecule has 3 heteroatoms. The van der Waals surface area contributed by atoms with Gasteiger partial charge in [0.05, 0.1) is 12.2 Å². The molecule has 84 valence electrons. The lowest BCUT2D eigenvalue weighted by molar-refractivity contribution is -0.0395. The summed E-state index contributed by atoms with van der Waals surface area (Å²) in [6.45, 7) is 0. The van der Waals surface area contributed by atoms with E-state index in [9.17, 15) is 0 Å². The highest BCUT2D eigenvalue weighted by atomic mass is 16.5. The summed E-state index contributed by atoms with van der Waals surface area (Å²) in [5, 5.41) is 0. The Labute approximate surface area is 99.5 Å². The normalized spacial score (nSPS) is 24.9. The highest BCUT2D eigenvalue weighted by Crippen LogP contribution is 2.43. The number of ether oxygens (including phenoxy) is 1. The van der Waals surface area contributed by atoms with Crippen LogP contribution in [0.5, 0.6) is 0 Å². The molecular formula is C14H12N2O. The number of fused-ring (bicyclic) bond motifs is 6. The third-order valence-corrected chi connectivity index (χ3v) is 3.72. The Bertz CT molecular complexity index is 530. The van der Waals surface area contributed by atoms with Crippen LogP contribution in [0.4, 0.5) is 0 Å². The van der Waals surface area contributed by atoms with Gasteiger partial charge in [0.2, 0.25) is 0 Å². The van der Waals surface area contributed by atoms with Crippen molar-refractivity contribution in [3.05, 3.63) is 59.2 Å². The molecule has 0 N–H and O–H groups in total. The molecule has 2 aromatic rings. The first-order valence-electron chi connectivity index (χ1n) is 5.93. The Morgan fingerprint density at radius 3 is 2.65 bits per heavy atom. The summed E-state index contributed by atoms with van der Waals surface area (Å²) in [4.78, 5) is 8.42. The van der Waals surface area contributed by atoms with E-state index in [0.29, 0.717) is 0 Å². The summed E-state index contributed by atoms with van der Waals surface area (Å²) in [7, 11) is 0. The van der Waals surface area contributed by atoms with Gasteiger partial charge in [-0.2, -0.15) is 0 Å². The van der Waals surface area contributed by atoms with Gasteiger partial charge in [-0.05, 0) is 28.8 Å². The van der Waals surface area contributed by atoms with Crippen molar-refractivity contribution >= 4 is 0 Å². The molecule has 2 aliphatic rings. The minimum Gasteiger partial charge on any atom is -0.365 e. The molecule has 3 nitrogen and oxygen atoms in total. The van der Waals surface area contributed by atoms with Crippen LogP contribution in [0.2, 0.25) is 0 Å². The molecule has 17 heavy (non-hydrogen) atoms. The van der Waals surface area contributed by atoms with E-state index in [0.717, 1.165) is 12.8 Å². The van der Waals surface area contributed by atoms with Crippen LogP contribution in [0.25, 0.3) is 0 Å². The minimum absolute atomic E-state index is 0.161. The van der Waals surface area contributed by atoms with E-state index in [1.165, 1.54) is 22.3 Å². The van der Waals surface area contributed by atoms with Crippen molar-refractivity contribution in [1.82, 2.24) is 9.97 Å². The summed E-state index contributed by atoms with van der Waals surface area (Å²) >= 11 is 0. The van der Waals surface area contributed by atoms with Gasteiger partial charge in [-0.1, -0.05) is 0 Å². The average Bonchev–Trinajstić information content (AvgIpc) is 2.39. The number of pyridine rings is 2. The van der Waals surface area contributed by atoms with E-state index in [1.54, 1.807) is 0 Å². The summed E-state index contributed by atoms with van der Waals surface area (Å²) in [5.74, 6) is 0. The zero-order chi connectivity index (χ0) is 11.2. The van der Waals surface area contributed by atoms with E-state index in [1.807, 2.05) is 24.8 Å². The maximum atomic E-state index is 6.11. The molecule has 2 atom stereocenters. The molecule has 0 radical (unpaired) electrons. The van der Waals surface area contributed by atoms with Crippen molar-refractivity contribution in [2.24, 2.45) is 0 Å². The lowest BCUT2D eigenvalue weighted by Crippen LogP contribution is -2.27. The van der Waals surface area contributed by atoms with Crippen LogP contribution in [0.3, 0.4) is 0 Å². The monoisotopic (exact) mass is 224 g/mol. The van der Waals surface area contributed by atoms with Crippen LogP contribution in [0.1, 0.15) is 34.5 Å². The van der Waals surface area contributed by atoms with Crippen molar-refractivity contribution in [2.45, 2.75) is 25.0 Å². The molecule has 0 saturated carbocycles. The molecule has 0 aromatic carbocycles. The predicted molar refractivity (Wildman–Crippen MR) is 62.4 cm³/mol. The molecule has 2 aromatic heterocycles. The number of hydrogen-bond donors (Lipinski definition) is 0. The first-order chi connectivity index (χ1) is 8.42. The fraction of sp³-hybridized carbons (Fsp3) is 0.286. The van der Waals surface area contributed by atoms with E-state index in [2.05, 4.69) is 22.1 Å².